The van der Waals surface area contributed by atoms with Crippen LogP contribution < -0.4 is 10.5 Å². The molecule has 2 N–H and O–H groups in total. The van der Waals surface area contributed by atoms with Crippen molar-refractivity contribution >= 4 is 0 Å². The lowest BCUT2D eigenvalue weighted by Crippen LogP contribution is -2.19. The Hall–Kier alpha value is -1.02. The maximum atomic E-state index is 6.02. The number of aryl methyl sites for hydroxylation is 2. The first-order valence-electron chi connectivity index (χ1n) is 7.49. The number of ether oxygens (including phenoxy) is 1. The maximum Gasteiger partial charge on any atom is 0.119 e. The molecule has 1 aromatic carbocycles. The zero-order valence-corrected chi connectivity index (χ0v) is 13.1. The van der Waals surface area contributed by atoms with Crippen LogP contribution in [0.1, 0.15) is 62.6 Å². The predicted octanol–water partition coefficient (Wildman–Crippen LogP) is 4.32. The molecule has 19 heavy (non-hydrogen) atoms. The van der Waals surface area contributed by atoms with E-state index < -0.39 is 0 Å². The van der Waals surface area contributed by atoms with Gasteiger partial charge >= 0.3 is 0 Å². The molecule has 2 nitrogen and oxygen atoms in total. The molecule has 0 spiro atoms. The first-order valence-corrected chi connectivity index (χ1v) is 7.49. The predicted molar refractivity (Wildman–Crippen MR) is 83.0 cm³/mol. The number of hydrogen-bond donors (Lipinski definition) is 1. The molecule has 0 aliphatic heterocycles. The van der Waals surface area contributed by atoms with Gasteiger partial charge in [-0.15, -0.1) is 0 Å². The van der Waals surface area contributed by atoms with Gasteiger partial charge in [-0.3, -0.25) is 0 Å². The van der Waals surface area contributed by atoms with Crippen molar-refractivity contribution < 1.29 is 4.74 Å². The zero-order valence-electron chi connectivity index (χ0n) is 13.1. The van der Waals surface area contributed by atoms with Crippen LogP contribution in [0.2, 0.25) is 0 Å². The highest BCUT2D eigenvalue weighted by Crippen LogP contribution is 2.31. The number of rotatable bonds is 7. The van der Waals surface area contributed by atoms with Crippen molar-refractivity contribution in [3.8, 4) is 5.75 Å². The lowest BCUT2D eigenvalue weighted by molar-refractivity contribution is 0.339. The van der Waals surface area contributed by atoms with Crippen molar-refractivity contribution in [2.45, 2.75) is 65.8 Å². The van der Waals surface area contributed by atoms with E-state index in [1.807, 2.05) is 6.92 Å². The molecule has 1 aromatic rings. The van der Waals surface area contributed by atoms with E-state index in [1.165, 1.54) is 16.7 Å². The molecule has 0 aliphatic rings. The van der Waals surface area contributed by atoms with Crippen molar-refractivity contribution in [1.82, 2.24) is 0 Å². The van der Waals surface area contributed by atoms with Crippen LogP contribution >= 0.6 is 0 Å². The van der Waals surface area contributed by atoms with Gasteiger partial charge in [-0.05, 0) is 74.8 Å². The first kappa shape index (κ1) is 16.0. The Morgan fingerprint density at radius 2 is 1.68 bits per heavy atom. The summed E-state index contributed by atoms with van der Waals surface area (Å²) in [5, 5.41) is 0. The van der Waals surface area contributed by atoms with E-state index in [0.29, 0.717) is 12.0 Å². The largest absolute Gasteiger partial charge is 0.494 e. The minimum Gasteiger partial charge on any atom is -0.494 e. The SMILES string of the molecule is CCOc1cc(C)c(C(C)CCC(N)CC)c(C)c1. The van der Waals surface area contributed by atoms with E-state index in [0.717, 1.165) is 31.6 Å². The number of benzene rings is 1. The average molecular weight is 263 g/mol. The Morgan fingerprint density at radius 3 is 2.16 bits per heavy atom. The molecule has 0 fully saturated rings. The van der Waals surface area contributed by atoms with Crippen LogP contribution in [0.4, 0.5) is 0 Å². The lowest BCUT2D eigenvalue weighted by atomic mass is 9.87. The van der Waals surface area contributed by atoms with Gasteiger partial charge in [0.1, 0.15) is 5.75 Å². The van der Waals surface area contributed by atoms with E-state index in [4.69, 9.17) is 10.5 Å². The van der Waals surface area contributed by atoms with Gasteiger partial charge in [0.2, 0.25) is 0 Å². The molecular weight excluding hydrogens is 234 g/mol. The smallest absolute Gasteiger partial charge is 0.119 e. The highest BCUT2D eigenvalue weighted by molar-refractivity contribution is 5.42. The topological polar surface area (TPSA) is 35.2 Å². The molecule has 0 amide bonds. The summed E-state index contributed by atoms with van der Waals surface area (Å²) in [5.74, 6) is 1.55. The highest BCUT2D eigenvalue weighted by Gasteiger charge is 2.14. The average Bonchev–Trinajstić information content (AvgIpc) is 2.35. The second-order valence-electron chi connectivity index (χ2n) is 5.55. The van der Waals surface area contributed by atoms with E-state index >= 15 is 0 Å². The summed E-state index contributed by atoms with van der Waals surface area (Å²) in [6, 6.07) is 4.65. The summed E-state index contributed by atoms with van der Waals surface area (Å²) in [5.41, 5.74) is 10.2. The van der Waals surface area contributed by atoms with E-state index in [1.54, 1.807) is 0 Å². The molecular formula is C17H29NO. The normalized spacial score (nSPS) is 14.2. The van der Waals surface area contributed by atoms with Crippen LogP contribution in [0.5, 0.6) is 5.75 Å². The second kappa shape index (κ2) is 7.54. The summed E-state index contributed by atoms with van der Waals surface area (Å²) in [6.45, 7) is 11.6. The fraction of sp³-hybridized carbons (Fsp3) is 0.647. The van der Waals surface area contributed by atoms with Gasteiger partial charge in [0.15, 0.2) is 0 Å². The highest BCUT2D eigenvalue weighted by atomic mass is 16.5. The summed E-state index contributed by atoms with van der Waals surface area (Å²) in [6.07, 6.45) is 3.32. The van der Waals surface area contributed by atoms with Crippen LogP contribution in [-0.4, -0.2) is 12.6 Å². The van der Waals surface area contributed by atoms with Gasteiger partial charge in [-0.1, -0.05) is 13.8 Å². The van der Waals surface area contributed by atoms with Crippen LogP contribution in [0.3, 0.4) is 0 Å². The Labute approximate surface area is 118 Å². The van der Waals surface area contributed by atoms with Gasteiger partial charge in [0.25, 0.3) is 0 Å². The Bertz CT molecular complexity index is 377. The summed E-state index contributed by atoms with van der Waals surface area (Å²) in [7, 11) is 0. The van der Waals surface area contributed by atoms with Crippen molar-refractivity contribution in [2.75, 3.05) is 6.61 Å². The van der Waals surface area contributed by atoms with Crippen LogP contribution in [0.15, 0.2) is 12.1 Å². The van der Waals surface area contributed by atoms with Crippen molar-refractivity contribution in [1.29, 1.82) is 0 Å². The fourth-order valence-corrected chi connectivity index (χ4v) is 2.77. The van der Waals surface area contributed by atoms with Gasteiger partial charge in [0.05, 0.1) is 6.61 Å². The van der Waals surface area contributed by atoms with Crippen molar-refractivity contribution in [3.05, 3.63) is 28.8 Å². The minimum absolute atomic E-state index is 0.339. The van der Waals surface area contributed by atoms with Crippen LogP contribution in [0, 0.1) is 13.8 Å². The van der Waals surface area contributed by atoms with Gasteiger partial charge in [-0.2, -0.15) is 0 Å². The molecule has 2 heteroatoms. The zero-order chi connectivity index (χ0) is 14.4. The van der Waals surface area contributed by atoms with Crippen LogP contribution in [-0.2, 0) is 0 Å². The Kier molecular flexibility index (Phi) is 6.36. The molecule has 2 atom stereocenters. The molecule has 0 saturated heterocycles. The maximum absolute atomic E-state index is 6.02. The van der Waals surface area contributed by atoms with Gasteiger partial charge in [0, 0.05) is 6.04 Å². The van der Waals surface area contributed by atoms with Crippen molar-refractivity contribution in [3.63, 3.8) is 0 Å². The standard InChI is InChI=1S/C17H29NO/c1-6-15(18)9-8-12(3)17-13(4)10-16(19-7-2)11-14(17)5/h10-12,15H,6-9,18H2,1-5H3. The third-order valence-corrected chi connectivity index (χ3v) is 3.87. The molecule has 0 heterocycles. The molecule has 0 bridgehead atoms. The van der Waals surface area contributed by atoms with E-state index in [9.17, 15) is 0 Å². The minimum atomic E-state index is 0.339. The van der Waals surface area contributed by atoms with Gasteiger partial charge in [-0.25, -0.2) is 0 Å². The quantitative estimate of drug-likeness (QED) is 0.795. The second-order valence-corrected chi connectivity index (χ2v) is 5.55. The molecule has 108 valence electrons. The van der Waals surface area contributed by atoms with E-state index in [2.05, 4.69) is 39.8 Å². The molecule has 0 aromatic heterocycles. The van der Waals surface area contributed by atoms with Crippen molar-refractivity contribution in [2.24, 2.45) is 5.73 Å². The monoisotopic (exact) mass is 263 g/mol. The molecule has 0 radical (unpaired) electrons. The molecule has 2 unspecified atom stereocenters. The summed E-state index contributed by atoms with van der Waals surface area (Å²) in [4.78, 5) is 0. The van der Waals surface area contributed by atoms with Gasteiger partial charge < -0.3 is 10.5 Å². The third kappa shape index (κ3) is 4.54. The fourth-order valence-electron chi connectivity index (χ4n) is 2.77. The number of hydrogen-bond acceptors (Lipinski definition) is 2. The summed E-state index contributed by atoms with van der Waals surface area (Å²) < 4.78 is 5.60. The lowest BCUT2D eigenvalue weighted by Gasteiger charge is -2.20. The Balaban J connectivity index is 2.82. The molecule has 0 aliphatic carbocycles. The number of nitrogens with two attached hydrogens (primary N) is 1. The molecule has 0 saturated carbocycles. The third-order valence-electron chi connectivity index (χ3n) is 3.87. The summed E-state index contributed by atoms with van der Waals surface area (Å²) >= 11 is 0. The first-order chi connectivity index (χ1) is 8.99. The van der Waals surface area contributed by atoms with Crippen LogP contribution in [0.25, 0.3) is 0 Å². The molecule has 1 rings (SSSR count). The Morgan fingerprint density at radius 1 is 1.11 bits per heavy atom. The van der Waals surface area contributed by atoms with E-state index in [-0.39, 0.29) is 0 Å².